The molecule has 2 saturated heterocycles. The molecule has 0 bridgehead atoms. The van der Waals surface area contributed by atoms with E-state index in [1.54, 1.807) is 5.56 Å². The molecule has 2 aliphatic heterocycles. The highest BCUT2D eigenvalue weighted by molar-refractivity contribution is 7.99. The molecule has 0 saturated carbocycles. The minimum atomic E-state index is 0.735. The Morgan fingerprint density at radius 1 is 1.00 bits per heavy atom. The molecule has 0 unspecified atom stereocenters. The summed E-state index contributed by atoms with van der Waals surface area (Å²) in [5, 5.41) is 0. The van der Waals surface area contributed by atoms with Crippen LogP contribution in [0.4, 0.5) is 5.69 Å². The molecule has 0 spiro atoms. The van der Waals surface area contributed by atoms with Gasteiger partial charge in [0.25, 0.3) is 0 Å². The number of nitrogens with two attached hydrogens (primary N) is 1. The third-order valence-corrected chi connectivity index (χ3v) is 6.38. The smallest absolute Gasteiger partial charge is 0.0346 e. The average Bonchev–Trinajstić information content (AvgIpc) is 2.52. The van der Waals surface area contributed by atoms with Gasteiger partial charge >= 0.3 is 0 Å². The molecule has 2 aliphatic rings. The van der Waals surface area contributed by atoms with Crippen molar-refractivity contribution < 1.29 is 0 Å². The highest BCUT2D eigenvalue weighted by Crippen LogP contribution is 2.34. The molecule has 21 heavy (non-hydrogen) atoms. The van der Waals surface area contributed by atoms with Crippen molar-refractivity contribution in [3.63, 3.8) is 0 Å². The molecule has 0 radical (unpaired) electrons. The summed E-state index contributed by atoms with van der Waals surface area (Å²) in [6.45, 7) is 6.91. The van der Waals surface area contributed by atoms with Crippen LogP contribution in [0.3, 0.4) is 0 Å². The summed E-state index contributed by atoms with van der Waals surface area (Å²) in [4.78, 5) is 2.76. The van der Waals surface area contributed by atoms with Crippen molar-refractivity contribution in [2.24, 2.45) is 0 Å². The summed E-state index contributed by atoms with van der Waals surface area (Å²) in [7, 11) is 0. The third kappa shape index (κ3) is 3.40. The molecule has 2 heterocycles. The Morgan fingerprint density at radius 2 is 1.67 bits per heavy atom. The fourth-order valence-corrected chi connectivity index (χ4v) is 5.01. The van der Waals surface area contributed by atoms with Crippen LogP contribution in [0, 0.1) is 13.8 Å². The molecular weight excluding hydrogens is 276 g/mol. The van der Waals surface area contributed by atoms with Crippen molar-refractivity contribution in [2.45, 2.75) is 51.5 Å². The van der Waals surface area contributed by atoms with Crippen molar-refractivity contribution in [3.05, 3.63) is 28.8 Å². The molecule has 0 aliphatic carbocycles. The Kier molecular flexibility index (Phi) is 4.80. The number of likely N-dealkylation sites (tertiary alicyclic amines) is 1. The topological polar surface area (TPSA) is 29.3 Å². The van der Waals surface area contributed by atoms with Crippen LogP contribution in [-0.4, -0.2) is 35.5 Å². The molecule has 3 rings (SSSR count). The first-order valence-corrected chi connectivity index (χ1v) is 9.49. The molecule has 1 aromatic rings. The van der Waals surface area contributed by atoms with Gasteiger partial charge in [0.2, 0.25) is 0 Å². The SMILES string of the molecule is Cc1cc(C2CCN(C3CCSCC3)CC2)c(C)cc1N. The zero-order valence-electron chi connectivity index (χ0n) is 13.4. The second-order valence-electron chi connectivity index (χ2n) is 6.72. The van der Waals surface area contributed by atoms with Crippen LogP contribution >= 0.6 is 11.8 Å². The zero-order valence-corrected chi connectivity index (χ0v) is 14.2. The number of piperidine rings is 1. The quantitative estimate of drug-likeness (QED) is 0.839. The van der Waals surface area contributed by atoms with Crippen LogP contribution < -0.4 is 5.73 Å². The van der Waals surface area contributed by atoms with Gasteiger partial charge in [0, 0.05) is 11.7 Å². The number of anilines is 1. The predicted octanol–water partition coefficient (Wildman–Crippen LogP) is 3.96. The van der Waals surface area contributed by atoms with E-state index in [1.165, 1.54) is 61.4 Å². The van der Waals surface area contributed by atoms with Gasteiger partial charge in [-0.05, 0) is 92.8 Å². The summed E-state index contributed by atoms with van der Waals surface area (Å²) in [5.41, 5.74) is 11.1. The Hall–Kier alpha value is -0.670. The van der Waals surface area contributed by atoms with Gasteiger partial charge in [0.1, 0.15) is 0 Å². The second-order valence-corrected chi connectivity index (χ2v) is 7.94. The van der Waals surface area contributed by atoms with Crippen LogP contribution in [0.2, 0.25) is 0 Å². The molecular formula is C18H28N2S. The monoisotopic (exact) mass is 304 g/mol. The summed E-state index contributed by atoms with van der Waals surface area (Å²) < 4.78 is 0. The minimum Gasteiger partial charge on any atom is -0.399 e. The highest BCUT2D eigenvalue weighted by Gasteiger charge is 2.27. The van der Waals surface area contributed by atoms with Gasteiger partial charge in [0.15, 0.2) is 0 Å². The van der Waals surface area contributed by atoms with Crippen LogP contribution in [0.1, 0.15) is 48.3 Å². The number of hydrogen-bond donors (Lipinski definition) is 1. The number of nitrogens with zero attached hydrogens (tertiary/aromatic N) is 1. The molecule has 2 N–H and O–H groups in total. The van der Waals surface area contributed by atoms with Crippen molar-refractivity contribution >= 4 is 17.4 Å². The van der Waals surface area contributed by atoms with Crippen LogP contribution in [0.15, 0.2) is 12.1 Å². The molecule has 0 amide bonds. The van der Waals surface area contributed by atoms with Crippen molar-refractivity contribution in [1.82, 2.24) is 4.90 Å². The molecule has 1 aromatic carbocycles. The maximum atomic E-state index is 6.03. The van der Waals surface area contributed by atoms with Crippen LogP contribution in [-0.2, 0) is 0 Å². The van der Waals surface area contributed by atoms with Gasteiger partial charge in [-0.2, -0.15) is 11.8 Å². The first kappa shape index (κ1) is 15.2. The number of thioether (sulfide) groups is 1. The summed E-state index contributed by atoms with van der Waals surface area (Å²) in [6.07, 6.45) is 5.42. The van der Waals surface area contributed by atoms with E-state index in [9.17, 15) is 0 Å². The lowest BCUT2D eigenvalue weighted by atomic mass is 9.85. The van der Waals surface area contributed by atoms with Gasteiger partial charge in [0.05, 0.1) is 0 Å². The van der Waals surface area contributed by atoms with E-state index >= 15 is 0 Å². The molecule has 0 aromatic heterocycles. The number of nitrogen functional groups attached to an aromatic ring is 1. The van der Waals surface area contributed by atoms with Crippen molar-refractivity contribution in [2.75, 3.05) is 30.3 Å². The predicted molar refractivity (Wildman–Crippen MR) is 94.2 cm³/mol. The molecule has 0 atom stereocenters. The largest absolute Gasteiger partial charge is 0.399 e. The van der Waals surface area contributed by atoms with Crippen LogP contribution in [0.25, 0.3) is 0 Å². The fourth-order valence-electron chi connectivity index (χ4n) is 3.93. The van der Waals surface area contributed by atoms with E-state index in [-0.39, 0.29) is 0 Å². The van der Waals surface area contributed by atoms with Crippen molar-refractivity contribution in [1.29, 1.82) is 0 Å². The lowest BCUT2D eigenvalue weighted by molar-refractivity contribution is 0.144. The Balaban J connectivity index is 1.64. The normalized spacial score (nSPS) is 22.6. The summed E-state index contributed by atoms with van der Waals surface area (Å²) in [6, 6.07) is 5.36. The minimum absolute atomic E-state index is 0.735. The zero-order chi connectivity index (χ0) is 14.8. The van der Waals surface area contributed by atoms with Gasteiger partial charge in [-0.25, -0.2) is 0 Å². The molecule has 116 valence electrons. The number of rotatable bonds is 2. The molecule has 3 heteroatoms. The number of hydrogen-bond acceptors (Lipinski definition) is 3. The lowest BCUT2D eigenvalue weighted by Gasteiger charge is -2.39. The fraction of sp³-hybridized carbons (Fsp3) is 0.667. The van der Waals surface area contributed by atoms with Crippen LogP contribution in [0.5, 0.6) is 0 Å². The first-order chi connectivity index (χ1) is 10.1. The van der Waals surface area contributed by atoms with Gasteiger partial charge < -0.3 is 10.6 Å². The van der Waals surface area contributed by atoms with Gasteiger partial charge in [-0.15, -0.1) is 0 Å². The van der Waals surface area contributed by atoms with E-state index < -0.39 is 0 Å². The Morgan fingerprint density at radius 3 is 2.33 bits per heavy atom. The first-order valence-electron chi connectivity index (χ1n) is 8.33. The van der Waals surface area contributed by atoms with Gasteiger partial charge in [-0.3, -0.25) is 0 Å². The maximum absolute atomic E-state index is 6.03. The molecule has 2 fully saturated rings. The second kappa shape index (κ2) is 6.62. The summed E-state index contributed by atoms with van der Waals surface area (Å²) in [5.74, 6) is 3.46. The Bertz CT molecular complexity index is 486. The maximum Gasteiger partial charge on any atom is 0.0346 e. The van der Waals surface area contributed by atoms with E-state index in [0.717, 1.165) is 17.6 Å². The summed E-state index contributed by atoms with van der Waals surface area (Å²) >= 11 is 2.13. The van der Waals surface area contributed by atoms with E-state index in [4.69, 9.17) is 5.73 Å². The number of aryl methyl sites for hydroxylation is 2. The van der Waals surface area contributed by atoms with E-state index in [1.807, 2.05) is 0 Å². The standard InChI is InChI=1S/C18H28N2S/c1-13-12-18(19)14(2)11-17(13)15-3-7-20(8-4-15)16-5-9-21-10-6-16/h11-12,15-16H,3-10,19H2,1-2H3. The van der Waals surface area contributed by atoms with E-state index in [0.29, 0.717) is 0 Å². The Labute approximate surface area is 133 Å². The highest BCUT2D eigenvalue weighted by atomic mass is 32.2. The van der Waals surface area contributed by atoms with E-state index in [2.05, 4.69) is 42.6 Å². The molecule has 2 nitrogen and oxygen atoms in total. The van der Waals surface area contributed by atoms with Crippen molar-refractivity contribution in [3.8, 4) is 0 Å². The third-order valence-electron chi connectivity index (χ3n) is 5.33. The number of benzene rings is 1. The van der Waals surface area contributed by atoms with Gasteiger partial charge in [-0.1, -0.05) is 6.07 Å². The average molecular weight is 305 g/mol. The lowest BCUT2D eigenvalue weighted by Crippen LogP contribution is -2.42.